The number of aromatic nitrogens is 2. The van der Waals surface area contributed by atoms with Crippen molar-refractivity contribution in [3.8, 4) is 0 Å². The zero-order chi connectivity index (χ0) is 11.5. The monoisotopic (exact) mass is 237 g/mol. The van der Waals surface area contributed by atoms with Gasteiger partial charge < -0.3 is 9.73 Å². The second-order valence-electron chi connectivity index (χ2n) is 3.44. The second kappa shape index (κ2) is 4.44. The Bertz CT molecular complexity index is 478. The van der Waals surface area contributed by atoms with Gasteiger partial charge in [0, 0.05) is 0 Å². The van der Waals surface area contributed by atoms with Crippen LogP contribution in [0.4, 0.5) is 0 Å². The largest absolute Gasteiger partial charge is 0.464 e. The van der Waals surface area contributed by atoms with Crippen LogP contribution in [0.2, 0.25) is 0 Å². The maximum atomic E-state index is 11.6. The van der Waals surface area contributed by atoms with Gasteiger partial charge in [-0.3, -0.25) is 4.79 Å². The molecule has 1 amide bonds. The number of carbonyl (C=O) groups excluding carboxylic acids is 1. The average molecular weight is 237 g/mol. The first-order valence-corrected chi connectivity index (χ1v) is 5.54. The number of hydrogen-bond acceptors (Lipinski definition) is 5. The number of aryl methyl sites for hydroxylation is 1. The van der Waals surface area contributed by atoms with E-state index in [1.54, 1.807) is 0 Å². The lowest BCUT2D eigenvalue weighted by atomic mass is 10.2. The van der Waals surface area contributed by atoms with E-state index in [0.29, 0.717) is 5.69 Å². The minimum atomic E-state index is -0.240. The molecule has 1 atom stereocenters. The molecule has 0 saturated heterocycles. The van der Waals surface area contributed by atoms with Gasteiger partial charge in [0.15, 0.2) is 5.69 Å². The molecule has 2 rings (SSSR count). The maximum absolute atomic E-state index is 11.6. The number of amides is 1. The Morgan fingerprint density at radius 3 is 2.94 bits per heavy atom. The Labute approximate surface area is 96.8 Å². The zero-order valence-corrected chi connectivity index (χ0v) is 9.75. The van der Waals surface area contributed by atoms with Crippen molar-refractivity contribution in [2.24, 2.45) is 0 Å². The molecule has 2 heterocycles. The molecule has 0 aliphatic heterocycles. The van der Waals surface area contributed by atoms with E-state index in [-0.39, 0.29) is 11.9 Å². The summed E-state index contributed by atoms with van der Waals surface area (Å²) in [7, 11) is 0. The number of furan rings is 1. The lowest BCUT2D eigenvalue weighted by Crippen LogP contribution is -2.26. The molecule has 0 spiro atoms. The summed E-state index contributed by atoms with van der Waals surface area (Å²) in [5, 5.41) is 2.78. The molecule has 5 nitrogen and oxygen atoms in total. The van der Waals surface area contributed by atoms with Gasteiger partial charge in [-0.1, -0.05) is 0 Å². The van der Waals surface area contributed by atoms with Crippen molar-refractivity contribution < 1.29 is 9.21 Å². The molecule has 0 bridgehead atoms. The second-order valence-corrected chi connectivity index (χ2v) is 3.99. The predicted octanol–water partition coefficient (Wildman–Crippen LogP) is 1.93. The normalized spacial score (nSPS) is 12.4. The molecule has 0 aliphatic carbocycles. The lowest BCUT2D eigenvalue weighted by molar-refractivity contribution is 0.0931. The van der Waals surface area contributed by atoms with E-state index in [1.807, 2.05) is 26.0 Å². The average Bonchev–Trinajstić information content (AvgIpc) is 2.87. The number of rotatable bonds is 3. The Morgan fingerprint density at radius 2 is 2.38 bits per heavy atom. The van der Waals surface area contributed by atoms with E-state index >= 15 is 0 Å². The van der Waals surface area contributed by atoms with Crippen LogP contribution in [0.3, 0.4) is 0 Å². The molecule has 0 aliphatic rings. The summed E-state index contributed by atoms with van der Waals surface area (Å²) in [6, 6.07) is 3.53. The number of nitrogens with zero attached hydrogens (tertiary/aromatic N) is 2. The number of carbonyl (C=O) groups is 1. The van der Waals surface area contributed by atoms with Crippen molar-refractivity contribution in [1.82, 2.24) is 14.1 Å². The van der Waals surface area contributed by atoms with Crippen LogP contribution < -0.4 is 5.32 Å². The van der Waals surface area contributed by atoms with Gasteiger partial charge in [-0.15, -0.1) is 0 Å². The van der Waals surface area contributed by atoms with E-state index in [1.165, 1.54) is 6.20 Å². The van der Waals surface area contributed by atoms with E-state index in [4.69, 9.17) is 4.42 Å². The molecule has 6 heteroatoms. The molecular weight excluding hydrogens is 226 g/mol. The Morgan fingerprint density at radius 1 is 1.56 bits per heavy atom. The lowest BCUT2D eigenvalue weighted by Gasteiger charge is -2.09. The molecule has 16 heavy (non-hydrogen) atoms. The quantitative estimate of drug-likeness (QED) is 0.885. The van der Waals surface area contributed by atoms with Crippen molar-refractivity contribution in [2.75, 3.05) is 0 Å². The van der Waals surface area contributed by atoms with Crippen LogP contribution in [0.1, 0.15) is 35.0 Å². The molecule has 0 radical (unpaired) electrons. The van der Waals surface area contributed by atoms with Gasteiger partial charge in [-0.25, -0.2) is 0 Å². The van der Waals surface area contributed by atoms with Gasteiger partial charge in [0.25, 0.3) is 5.91 Å². The third-order valence-electron chi connectivity index (χ3n) is 2.13. The van der Waals surface area contributed by atoms with Crippen LogP contribution in [0.25, 0.3) is 0 Å². The van der Waals surface area contributed by atoms with Crippen LogP contribution in [-0.4, -0.2) is 14.7 Å². The molecule has 0 fully saturated rings. The van der Waals surface area contributed by atoms with Crippen molar-refractivity contribution in [3.63, 3.8) is 0 Å². The molecule has 0 unspecified atom stereocenters. The van der Waals surface area contributed by atoms with E-state index in [9.17, 15) is 4.79 Å². The molecule has 2 aromatic rings. The first-order chi connectivity index (χ1) is 7.66. The maximum Gasteiger partial charge on any atom is 0.273 e. The summed E-state index contributed by atoms with van der Waals surface area (Å²) in [5.74, 6) is 1.32. The highest BCUT2D eigenvalue weighted by Gasteiger charge is 2.15. The number of hydrogen-bond donors (Lipinski definition) is 1. The van der Waals surface area contributed by atoms with E-state index in [0.717, 1.165) is 23.2 Å². The molecule has 0 saturated carbocycles. The summed E-state index contributed by atoms with van der Waals surface area (Å²) in [6.07, 6.45) is 1.44. The van der Waals surface area contributed by atoms with Crippen LogP contribution in [0, 0.1) is 6.92 Å². The van der Waals surface area contributed by atoms with Gasteiger partial charge in [0.1, 0.15) is 11.5 Å². The highest BCUT2D eigenvalue weighted by molar-refractivity contribution is 6.99. The van der Waals surface area contributed by atoms with Crippen molar-refractivity contribution in [1.29, 1.82) is 0 Å². The van der Waals surface area contributed by atoms with Crippen molar-refractivity contribution in [2.45, 2.75) is 19.9 Å². The fraction of sp³-hybridized carbons (Fsp3) is 0.300. The third-order valence-corrected chi connectivity index (χ3v) is 2.61. The molecule has 84 valence electrons. The van der Waals surface area contributed by atoms with Crippen LogP contribution in [0.15, 0.2) is 22.7 Å². The predicted molar refractivity (Wildman–Crippen MR) is 59.2 cm³/mol. The molecule has 0 aromatic carbocycles. The summed E-state index contributed by atoms with van der Waals surface area (Å²) >= 11 is 1.01. The molecular formula is C10H11N3O2S. The summed E-state index contributed by atoms with van der Waals surface area (Å²) in [5.41, 5.74) is 0.333. The van der Waals surface area contributed by atoms with Gasteiger partial charge in [-0.2, -0.15) is 8.75 Å². The molecule has 1 N–H and O–H groups in total. The minimum absolute atomic E-state index is 0.178. The highest BCUT2D eigenvalue weighted by Crippen LogP contribution is 2.15. The van der Waals surface area contributed by atoms with Crippen LogP contribution in [0.5, 0.6) is 0 Å². The standard InChI is InChI=1S/C10H11N3O2S/c1-6-3-4-9(15-6)7(2)12-10(14)8-5-11-16-13-8/h3-5,7H,1-2H3,(H,12,14)/t7-/m0/s1. The Kier molecular flexibility index (Phi) is 3.00. The summed E-state index contributed by atoms with van der Waals surface area (Å²) < 4.78 is 13.0. The third kappa shape index (κ3) is 2.27. The SMILES string of the molecule is Cc1ccc([C@H](C)NC(=O)c2cnsn2)o1. The minimum Gasteiger partial charge on any atom is -0.464 e. The fourth-order valence-electron chi connectivity index (χ4n) is 1.29. The zero-order valence-electron chi connectivity index (χ0n) is 8.93. The Hall–Kier alpha value is -1.69. The first kappa shape index (κ1) is 10.8. The van der Waals surface area contributed by atoms with E-state index in [2.05, 4.69) is 14.1 Å². The van der Waals surface area contributed by atoms with Crippen LogP contribution in [-0.2, 0) is 0 Å². The highest BCUT2D eigenvalue weighted by atomic mass is 32.1. The fourth-order valence-corrected chi connectivity index (χ4v) is 1.70. The summed E-state index contributed by atoms with van der Waals surface area (Å²) in [6.45, 7) is 3.72. The number of nitrogens with one attached hydrogen (secondary N) is 1. The van der Waals surface area contributed by atoms with Gasteiger partial charge in [0.2, 0.25) is 0 Å². The Balaban J connectivity index is 2.03. The van der Waals surface area contributed by atoms with Gasteiger partial charge >= 0.3 is 0 Å². The topological polar surface area (TPSA) is 68.0 Å². The molecule has 2 aromatic heterocycles. The summed E-state index contributed by atoms with van der Waals surface area (Å²) in [4.78, 5) is 11.6. The van der Waals surface area contributed by atoms with E-state index < -0.39 is 0 Å². The van der Waals surface area contributed by atoms with Crippen molar-refractivity contribution in [3.05, 3.63) is 35.5 Å². The van der Waals surface area contributed by atoms with Crippen molar-refractivity contribution >= 4 is 17.6 Å². The van der Waals surface area contributed by atoms with Gasteiger partial charge in [0.05, 0.1) is 24.0 Å². The first-order valence-electron chi connectivity index (χ1n) is 4.81. The van der Waals surface area contributed by atoms with Crippen LogP contribution >= 0.6 is 11.7 Å². The van der Waals surface area contributed by atoms with Gasteiger partial charge in [-0.05, 0) is 26.0 Å². The smallest absolute Gasteiger partial charge is 0.273 e.